The summed E-state index contributed by atoms with van der Waals surface area (Å²) < 4.78 is 6.03. The van der Waals surface area contributed by atoms with Gasteiger partial charge in [0.25, 0.3) is 0 Å². The second kappa shape index (κ2) is 5.26. The molecule has 0 saturated carbocycles. The summed E-state index contributed by atoms with van der Waals surface area (Å²) in [5.41, 5.74) is 5.05. The normalized spacial score (nSPS) is 14.1. The van der Waals surface area contributed by atoms with Gasteiger partial charge in [-0.05, 0) is 17.2 Å². The largest absolute Gasteiger partial charge is 0.487 e. The van der Waals surface area contributed by atoms with Crippen molar-refractivity contribution in [3.63, 3.8) is 0 Å². The van der Waals surface area contributed by atoms with E-state index < -0.39 is 0 Å². The molecule has 3 heteroatoms. The van der Waals surface area contributed by atoms with Crippen LogP contribution in [0.15, 0.2) is 48.5 Å². The molecule has 0 fully saturated rings. The molecule has 1 aliphatic rings. The Morgan fingerprint density at radius 3 is 2.81 bits per heavy atom. The standard InChI is InChI=1S/C18H18N2O/c1-2-5-13(6-3-1)12-21-17-8-4-7-14-15-11-19-10-9-16(15)20-18(14)17/h1-8,19-20H,9-12H2. The van der Waals surface area contributed by atoms with Crippen LogP contribution < -0.4 is 10.1 Å². The average molecular weight is 278 g/mol. The maximum absolute atomic E-state index is 6.03. The minimum atomic E-state index is 0.599. The molecule has 0 spiro atoms. The summed E-state index contributed by atoms with van der Waals surface area (Å²) >= 11 is 0. The van der Waals surface area contributed by atoms with E-state index in [2.05, 4.69) is 34.6 Å². The van der Waals surface area contributed by atoms with Gasteiger partial charge in [-0.25, -0.2) is 0 Å². The lowest BCUT2D eigenvalue weighted by atomic mass is 10.1. The summed E-state index contributed by atoms with van der Waals surface area (Å²) in [7, 11) is 0. The molecule has 2 N–H and O–H groups in total. The Morgan fingerprint density at radius 1 is 1.00 bits per heavy atom. The molecule has 0 radical (unpaired) electrons. The Morgan fingerprint density at radius 2 is 1.90 bits per heavy atom. The molecule has 0 atom stereocenters. The third-order valence-corrected chi connectivity index (χ3v) is 4.08. The van der Waals surface area contributed by atoms with E-state index >= 15 is 0 Å². The second-order valence-corrected chi connectivity index (χ2v) is 5.46. The number of hydrogen-bond donors (Lipinski definition) is 2. The van der Waals surface area contributed by atoms with Gasteiger partial charge in [-0.15, -0.1) is 0 Å². The molecule has 1 aromatic heterocycles. The van der Waals surface area contributed by atoms with Gasteiger partial charge in [-0.3, -0.25) is 0 Å². The van der Waals surface area contributed by atoms with Gasteiger partial charge in [-0.1, -0.05) is 42.5 Å². The predicted octanol–water partition coefficient (Wildman–Crippen LogP) is 3.39. The maximum Gasteiger partial charge on any atom is 0.143 e. The van der Waals surface area contributed by atoms with Gasteiger partial charge in [0.15, 0.2) is 0 Å². The van der Waals surface area contributed by atoms with E-state index in [1.165, 1.54) is 22.2 Å². The fraction of sp³-hybridized carbons (Fsp3) is 0.222. The van der Waals surface area contributed by atoms with Crippen LogP contribution in [-0.2, 0) is 19.6 Å². The monoisotopic (exact) mass is 278 g/mol. The van der Waals surface area contributed by atoms with E-state index in [9.17, 15) is 0 Å². The Bertz CT molecular complexity index is 761. The molecule has 0 amide bonds. The highest BCUT2D eigenvalue weighted by molar-refractivity contribution is 5.89. The summed E-state index contributed by atoms with van der Waals surface area (Å²) in [4.78, 5) is 3.56. The van der Waals surface area contributed by atoms with Crippen LogP contribution in [0.4, 0.5) is 0 Å². The Kier molecular flexibility index (Phi) is 3.13. The Hall–Kier alpha value is -2.26. The van der Waals surface area contributed by atoms with Crippen molar-refractivity contribution in [2.45, 2.75) is 19.6 Å². The van der Waals surface area contributed by atoms with Gasteiger partial charge in [0, 0.05) is 30.6 Å². The van der Waals surface area contributed by atoms with Crippen molar-refractivity contribution in [2.24, 2.45) is 0 Å². The molecule has 0 unspecified atom stereocenters. The van der Waals surface area contributed by atoms with Gasteiger partial charge >= 0.3 is 0 Å². The van der Waals surface area contributed by atoms with Crippen molar-refractivity contribution in [3.05, 3.63) is 65.4 Å². The third-order valence-electron chi connectivity index (χ3n) is 4.08. The van der Waals surface area contributed by atoms with Gasteiger partial charge < -0.3 is 15.0 Å². The first-order valence-electron chi connectivity index (χ1n) is 7.42. The molecular weight excluding hydrogens is 260 g/mol. The zero-order chi connectivity index (χ0) is 14.1. The highest BCUT2D eigenvalue weighted by atomic mass is 16.5. The Labute approximate surface area is 123 Å². The first-order valence-corrected chi connectivity index (χ1v) is 7.42. The zero-order valence-corrected chi connectivity index (χ0v) is 11.9. The molecule has 106 valence electrons. The fourth-order valence-corrected chi connectivity index (χ4v) is 3.00. The molecular formula is C18H18N2O. The summed E-state index contributed by atoms with van der Waals surface area (Å²) in [5.74, 6) is 0.936. The predicted molar refractivity (Wildman–Crippen MR) is 84.5 cm³/mol. The van der Waals surface area contributed by atoms with Gasteiger partial charge in [-0.2, -0.15) is 0 Å². The lowest BCUT2D eigenvalue weighted by molar-refractivity contribution is 0.309. The van der Waals surface area contributed by atoms with Gasteiger partial charge in [0.05, 0.1) is 5.52 Å². The molecule has 21 heavy (non-hydrogen) atoms. The number of aromatic amines is 1. The van der Waals surface area contributed by atoms with Crippen LogP contribution in [0.5, 0.6) is 5.75 Å². The molecule has 0 saturated heterocycles. The van der Waals surface area contributed by atoms with Crippen molar-refractivity contribution < 1.29 is 4.74 Å². The van der Waals surface area contributed by atoms with E-state index in [0.29, 0.717) is 6.61 Å². The number of rotatable bonds is 3. The number of para-hydroxylation sites is 1. The van der Waals surface area contributed by atoms with Crippen LogP contribution in [0.2, 0.25) is 0 Å². The molecule has 3 aromatic rings. The minimum absolute atomic E-state index is 0.599. The van der Waals surface area contributed by atoms with E-state index in [0.717, 1.165) is 30.8 Å². The number of hydrogen-bond acceptors (Lipinski definition) is 2. The third kappa shape index (κ3) is 2.30. The number of nitrogens with one attached hydrogen (secondary N) is 2. The summed E-state index contributed by atoms with van der Waals surface area (Å²) in [6.45, 7) is 2.58. The van der Waals surface area contributed by atoms with Crippen LogP contribution in [-0.4, -0.2) is 11.5 Å². The molecule has 2 heterocycles. The lowest BCUT2D eigenvalue weighted by Crippen LogP contribution is -2.22. The van der Waals surface area contributed by atoms with Gasteiger partial charge in [0.1, 0.15) is 12.4 Å². The average Bonchev–Trinajstić information content (AvgIpc) is 2.93. The smallest absolute Gasteiger partial charge is 0.143 e. The van der Waals surface area contributed by atoms with E-state index in [1.807, 2.05) is 24.3 Å². The first-order chi connectivity index (χ1) is 10.4. The molecule has 1 aliphatic heterocycles. The zero-order valence-electron chi connectivity index (χ0n) is 11.9. The topological polar surface area (TPSA) is 37.0 Å². The number of aromatic nitrogens is 1. The molecule has 0 aliphatic carbocycles. The summed E-state index contributed by atoms with van der Waals surface area (Å²) in [6, 6.07) is 16.6. The molecule has 4 rings (SSSR count). The number of fused-ring (bicyclic) bond motifs is 3. The minimum Gasteiger partial charge on any atom is -0.487 e. The van der Waals surface area contributed by atoms with Crippen LogP contribution >= 0.6 is 0 Å². The highest BCUT2D eigenvalue weighted by Gasteiger charge is 2.16. The van der Waals surface area contributed by atoms with Crippen molar-refractivity contribution in [3.8, 4) is 5.75 Å². The van der Waals surface area contributed by atoms with Crippen LogP contribution in [0, 0.1) is 0 Å². The maximum atomic E-state index is 6.03. The summed E-state index contributed by atoms with van der Waals surface area (Å²) in [6.07, 6.45) is 1.06. The van der Waals surface area contributed by atoms with Crippen LogP contribution in [0.25, 0.3) is 10.9 Å². The molecule has 2 aromatic carbocycles. The van der Waals surface area contributed by atoms with E-state index in [-0.39, 0.29) is 0 Å². The highest BCUT2D eigenvalue weighted by Crippen LogP contribution is 2.31. The van der Waals surface area contributed by atoms with Gasteiger partial charge in [0.2, 0.25) is 0 Å². The molecule has 0 bridgehead atoms. The number of benzene rings is 2. The second-order valence-electron chi connectivity index (χ2n) is 5.46. The SMILES string of the molecule is c1ccc(COc2cccc3c4c([nH]c23)CCNC4)cc1. The van der Waals surface area contributed by atoms with Crippen molar-refractivity contribution in [1.82, 2.24) is 10.3 Å². The van der Waals surface area contributed by atoms with E-state index in [4.69, 9.17) is 4.74 Å². The first kappa shape index (κ1) is 12.5. The molecule has 3 nitrogen and oxygen atoms in total. The summed E-state index contributed by atoms with van der Waals surface area (Å²) in [5, 5.41) is 4.72. The van der Waals surface area contributed by atoms with Crippen LogP contribution in [0.1, 0.15) is 16.8 Å². The van der Waals surface area contributed by atoms with Crippen molar-refractivity contribution in [1.29, 1.82) is 0 Å². The van der Waals surface area contributed by atoms with E-state index in [1.54, 1.807) is 0 Å². The Balaban J connectivity index is 1.67. The van der Waals surface area contributed by atoms with Crippen molar-refractivity contribution in [2.75, 3.05) is 6.54 Å². The van der Waals surface area contributed by atoms with Crippen LogP contribution in [0.3, 0.4) is 0 Å². The number of H-pyrrole nitrogens is 1. The van der Waals surface area contributed by atoms with Crippen molar-refractivity contribution >= 4 is 10.9 Å². The number of ether oxygens (including phenoxy) is 1. The lowest BCUT2D eigenvalue weighted by Gasteiger charge is -2.12. The fourth-order valence-electron chi connectivity index (χ4n) is 3.00. The quantitative estimate of drug-likeness (QED) is 0.770.